The molecular weight excluding hydrogens is 230 g/mol. The third-order valence-corrected chi connectivity index (χ3v) is 3.46. The summed E-state index contributed by atoms with van der Waals surface area (Å²) < 4.78 is 0. The third-order valence-electron chi connectivity index (χ3n) is 3.46. The highest BCUT2D eigenvalue weighted by atomic mass is 16.2. The van der Waals surface area contributed by atoms with Gasteiger partial charge in [-0.25, -0.2) is 0 Å². The highest BCUT2D eigenvalue weighted by molar-refractivity contribution is 5.93. The van der Waals surface area contributed by atoms with Crippen molar-refractivity contribution in [3.8, 4) is 0 Å². The largest absolute Gasteiger partial charge is 0.367 e. The maximum atomic E-state index is 11.8. The van der Waals surface area contributed by atoms with Crippen molar-refractivity contribution in [2.24, 2.45) is 5.92 Å². The Morgan fingerprint density at radius 2 is 2.22 bits per heavy atom. The Bertz CT molecular complexity index is 461. The summed E-state index contributed by atoms with van der Waals surface area (Å²) in [5.41, 5.74) is -0.0555. The van der Waals surface area contributed by atoms with Crippen LogP contribution < -0.4 is 10.7 Å². The van der Waals surface area contributed by atoms with Crippen LogP contribution in [0.15, 0.2) is 23.3 Å². The molecular formula is C13H19N3O2. The minimum atomic E-state index is -0.282. The smallest absolute Gasteiger partial charge is 0.256 e. The molecule has 98 valence electrons. The topological polar surface area (TPSA) is 65.2 Å². The van der Waals surface area contributed by atoms with Crippen LogP contribution in [0.1, 0.15) is 23.2 Å². The van der Waals surface area contributed by atoms with Crippen LogP contribution in [0.5, 0.6) is 0 Å². The minimum Gasteiger partial charge on any atom is -0.367 e. The van der Waals surface area contributed by atoms with E-state index < -0.39 is 0 Å². The number of carbonyl (C=O) groups is 1. The van der Waals surface area contributed by atoms with Gasteiger partial charge in [0, 0.05) is 25.0 Å². The van der Waals surface area contributed by atoms with Crippen molar-refractivity contribution in [3.05, 3.63) is 34.2 Å². The Hall–Kier alpha value is -1.62. The summed E-state index contributed by atoms with van der Waals surface area (Å²) >= 11 is 0. The van der Waals surface area contributed by atoms with Crippen molar-refractivity contribution < 1.29 is 4.79 Å². The van der Waals surface area contributed by atoms with Crippen LogP contribution >= 0.6 is 0 Å². The summed E-state index contributed by atoms with van der Waals surface area (Å²) in [6, 6.07) is 1.37. The predicted octanol–water partition coefficient (Wildman–Crippen LogP) is 0.446. The number of amides is 1. The number of piperidine rings is 1. The number of hydrogen-bond acceptors (Lipinski definition) is 3. The van der Waals surface area contributed by atoms with E-state index in [0.29, 0.717) is 12.5 Å². The number of rotatable bonds is 3. The standard InChI is InChI=1S/C13H19N3O2/c1-16-6-3-10(4-7-16)8-15-13(18)11-9-14-5-2-12(11)17/h2,5,9-10H,3-4,6-8H2,1H3,(H,14,17)(H,15,18). The molecule has 5 nitrogen and oxygen atoms in total. The number of hydrogen-bond donors (Lipinski definition) is 2. The first-order valence-corrected chi connectivity index (χ1v) is 6.30. The van der Waals surface area contributed by atoms with Gasteiger partial charge in [0.25, 0.3) is 5.91 Å². The van der Waals surface area contributed by atoms with Crippen molar-refractivity contribution >= 4 is 5.91 Å². The molecule has 0 bridgehead atoms. The van der Waals surface area contributed by atoms with Crippen molar-refractivity contribution in [3.63, 3.8) is 0 Å². The molecule has 1 aliphatic heterocycles. The number of aromatic amines is 1. The van der Waals surface area contributed by atoms with E-state index in [2.05, 4.69) is 22.2 Å². The number of pyridine rings is 1. The molecule has 1 amide bonds. The predicted molar refractivity (Wildman–Crippen MR) is 69.6 cm³/mol. The van der Waals surface area contributed by atoms with Gasteiger partial charge in [-0.1, -0.05) is 0 Å². The summed E-state index contributed by atoms with van der Waals surface area (Å²) in [6.07, 6.45) is 5.17. The Morgan fingerprint density at radius 3 is 2.89 bits per heavy atom. The fraction of sp³-hybridized carbons (Fsp3) is 0.538. The number of likely N-dealkylation sites (tertiary alicyclic amines) is 1. The van der Waals surface area contributed by atoms with Crippen LogP contribution in [-0.2, 0) is 0 Å². The molecule has 2 heterocycles. The van der Waals surface area contributed by atoms with E-state index in [-0.39, 0.29) is 16.9 Å². The lowest BCUT2D eigenvalue weighted by atomic mass is 9.97. The van der Waals surface area contributed by atoms with Crippen LogP contribution in [0, 0.1) is 5.92 Å². The lowest BCUT2D eigenvalue weighted by Crippen LogP contribution is -2.37. The van der Waals surface area contributed by atoms with E-state index in [1.54, 1.807) is 0 Å². The average molecular weight is 249 g/mol. The van der Waals surface area contributed by atoms with E-state index in [0.717, 1.165) is 25.9 Å². The van der Waals surface area contributed by atoms with Gasteiger partial charge in [-0.05, 0) is 38.9 Å². The fourth-order valence-electron chi connectivity index (χ4n) is 2.19. The molecule has 2 N–H and O–H groups in total. The number of carbonyl (C=O) groups excluding carboxylic acids is 1. The third kappa shape index (κ3) is 3.20. The van der Waals surface area contributed by atoms with Crippen LogP contribution in [0.25, 0.3) is 0 Å². The maximum Gasteiger partial charge on any atom is 0.256 e. The number of aromatic nitrogens is 1. The molecule has 5 heteroatoms. The van der Waals surface area contributed by atoms with Gasteiger partial charge in [-0.2, -0.15) is 0 Å². The molecule has 0 saturated carbocycles. The fourth-order valence-corrected chi connectivity index (χ4v) is 2.19. The Kier molecular flexibility index (Phi) is 4.15. The highest BCUT2D eigenvalue weighted by Gasteiger charge is 2.18. The van der Waals surface area contributed by atoms with E-state index in [4.69, 9.17) is 0 Å². The summed E-state index contributed by atoms with van der Waals surface area (Å²) in [5.74, 6) is 0.240. The summed E-state index contributed by atoms with van der Waals surface area (Å²) in [7, 11) is 2.11. The molecule has 0 unspecified atom stereocenters. The van der Waals surface area contributed by atoms with E-state index in [1.165, 1.54) is 18.5 Å². The van der Waals surface area contributed by atoms with Crippen molar-refractivity contribution in [2.45, 2.75) is 12.8 Å². The number of nitrogens with zero attached hydrogens (tertiary/aromatic N) is 1. The zero-order chi connectivity index (χ0) is 13.0. The second-order valence-electron chi connectivity index (χ2n) is 4.88. The number of H-pyrrole nitrogens is 1. The molecule has 0 aliphatic carbocycles. The van der Waals surface area contributed by atoms with Crippen LogP contribution in [-0.4, -0.2) is 42.5 Å². The summed E-state index contributed by atoms with van der Waals surface area (Å²) in [6.45, 7) is 2.81. The first-order chi connectivity index (χ1) is 8.66. The van der Waals surface area contributed by atoms with E-state index >= 15 is 0 Å². The average Bonchev–Trinajstić information content (AvgIpc) is 2.38. The van der Waals surface area contributed by atoms with Crippen LogP contribution in [0.3, 0.4) is 0 Å². The van der Waals surface area contributed by atoms with Crippen LogP contribution in [0.4, 0.5) is 0 Å². The molecule has 0 radical (unpaired) electrons. The first kappa shape index (κ1) is 12.8. The minimum absolute atomic E-state index is 0.186. The molecule has 0 spiro atoms. The molecule has 0 aromatic carbocycles. The van der Waals surface area contributed by atoms with Gasteiger partial charge in [0.15, 0.2) is 5.43 Å². The second-order valence-corrected chi connectivity index (χ2v) is 4.88. The molecule has 1 aromatic rings. The summed E-state index contributed by atoms with van der Waals surface area (Å²) in [5, 5.41) is 2.85. The quantitative estimate of drug-likeness (QED) is 0.817. The molecule has 0 atom stereocenters. The maximum absolute atomic E-state index is 11.8. The van der Waals surface area contributed by atoms with Gasteiger partial charge in [0.1, 0.15) is 5.56 Å². The van der Waals surface area contributed by atoms with E-state index in [9.17, 15) is 9.59 Å². The molecule has 18 heavy (non-hydrogen) atoms. The van der Waals surface area contributed by atoms with Gasteiger partial charge in [-0.3, -0.25) is 9.59 Å². The SMILES string of the molecule is CN1CCC(CNC(=O)c2c[nH]ccc2=O)CC1. The lowest BCUT2D eigenvalue weighted by Gasteiger charge is -2.28. The van der Waals surface area contributed by atoms with Gasteiger partial charge in [0.05, 0.1) is 0 Å². The summed E-state index contributed by atoms with van der Waals surface area (Å²) in [4.78, 5) is 28.3. The molecule has 1 aliphatic rings. The van der Waals surface area contributed by atoms with Crippen molar-refractivity contribution in [1.82, 2.24) is 15.2 Å². The highest BCUT2D eigenvalue weighted by Crippen LogP contribution is 2.14. The normalized spacial score (nSPS) is 17.6. The van der Waals surface area contributed by atoms with E-state index in [1.807, 2.05) is 0 Å². The Morgan fingerprint density at radius 1 is 1.50 bits per heavy atom. The molecule has 1 saturated heterocycles. The van der Waals surface area contributed by atoms with Gasteiger partial charge in [-0.15, -0.1) is 0 Å². The van der Waals surface area contributed by atoms with Crippen LogP contribution in [0.2, 0.25) is 0 Å². The zero-order valence-electron chi connectivity index (χ0n) is 10.6. The first-order valence-electron chi connectivity index (χ1n) is 6.30. The van der Waals surface area contributed by atoms with Crippen molar-refractivity contribution in [2.75, 3.05) is 26.7 Å². The Labute approximate surface area is 106 Å². The molecule has 1 aromatic heterocycles. The molecule has 2 rings (SSSR count). The van der Waals surface area contributed by atoms with Gasteiger partial charge < -0.3 is 15.2 Å². The van der Waals surface area contributed by atoms with Crippen molar-refractivity contribution in [1.29, 1.82) is 0 Å². The lowest BCUT2D eigenvalue weighted by molar-refractivity contribution is 0.0937. The monoisotopic (exact) mass is 249 g/mol. The Balaban J connectivity index is 1.86. The molecule has 1 fully saturated rings. The second kappa shape index (κ2) is 5.82. The zero-order valence-corrected chi connectivity index (χ0v) is 10.6. The number of nitrogens with one attached hydrogen (secondary N) is 2. The van der Waals surface area contributed by atoms with Gasteiger partial charge in [0.2, 0.25) is 0 Å². The van der Waals surface area contributed by atoms with Gasteiger partial charge >= 0.3 is 0 Å².